The molecule has 0 radical (unpaired) electrons. The SMILES string of the molecule is CCOc1ccc(N2CCCC(C(=O)NCC(F)(F)F)C2)nn1. The lowest BCUT2D eigenvalue weighted by atomic mass is 9.97. The maximum absolute atomic E-state index is 12.2. The summed E-state index contributed by atoms with van der Waals surface area (Å²) in [5.74, 6) is -0.0695. The zero-order valence-electron chi connectivity index (χ0n) is 12.8. The van der Waals surface area contributed by atoms with Gasteiger partial charge in [-0.25, -0.2) is 0 Å². The first-order valence-corrected chi connectivity index (χ1v) is 7.45. The monoisotopic (exact) mass is 332 g/mol. The third-order valence-corrected chi connectivity index (χ3v) is 3.50. The summed E-state index contributed by atoms with van der Waals surface area (Å²) in [4.78, 5) is 13.7. The number of halogens is 3. The number of aromatic nitrogens is 2. The highest BCUT2D eigenvalue weighted by atomic mass is 19.4. The molecule has 1 unspecified atom stereocenters. The van der Waals surface area contributed by atoms with E-state index in [1.165, 1.54) is 0 Å². The number of piperidine rings is 1. The molecule has 1 N–H and O–H groups in total. The van der Waals surface area contributed by atoms with Crippen LogP contribution in [0.3, 0.4) is 0 Å². The van der Waals surface area contributed by atoms with Crippen LogP contribution < -0.4 is 15.0 Å². The number of anilines is 1. The van der Waals surface area contributed by atoms with Crippen molar-refractivity contribution in [2.45, 2.75) is 25.9 Å². The average molecular weight is 332 g/mol. The fourth-order valence-corrected chi connectivity index (χ4v) is 2.44. The van der Waals surface area contributed by atoms with E-state index in [1.54, 1.807) is 12.1 Å². The number of hydrogen-bond donors (Lipinski definition) is 1. The molecule has 1 aromatic heterocycles. The second kappa shape index (κ2) is 7.47. The average Bonchev–Trinajstić information content (AvgIpc) is 2.53. The van der Waals surface area contributed by atoms with Crippen molar-refractivity contribution < 1.29 is 22.7 Å². The van der Waals surface area contributed by atoms with E-state index in [-0.39, 0.29) is 0 Å². The predicted molar refractivity (Wildman–Crippen MR) is 77.2 cm³/mol. The van der Waals surface area contributed by atoms with Gasteiger partial charge in [0.1, 0.15) is 6.54 Å². The van der Waals surface area contributed by atoms with Gasteiger partial charge in [0.15, 0.2) is 5.82 Å². The number of nitrogens with one attached hydrogen (secondary N) is 1. The summed E-state index contributed by atoms with van der Waals surface area (Å²) in [5, 5.41) is 9.90. The van der Waals surface area contributed by atoms with Gasteiger partial charge in [0.2, 0.25) is 11.8 Å². The summed E-state index contributed by atoms with van der Waals surface area (Å²) in [6.45, 7) is 2.03. The highest BCUT2D eigenvalue weighted by Crippen LogP contribution is 2.22. The Hall–Kier alpha value is -2.06. The van der Waals surface area contributed by atoms with E-state index in [1.807, 2.05) is 17.1 Å². The molecule has 0 saturated carbocycles. The van der Waals surface area contributed by atoms with Crippen molar-refractivity contribution in [2.75, 3.05) is 31.1 Å². The molecule has 23 heavy (non-hydrogen) atoms. The van der Waals surface area contributed by atoms with E-state index in [0.717, 1.165) is 0 Å². The molecule has 1 aromatic rings. The Morgan fingerprint density at radius 2 is 2.22 bits per heavy atom. The molecule has 1 saturated heterocycles. The van der Waals surface area contributed by atoms with Crippen LogP contribution in [0.5, 0.6) is 5.88 Å². The van der Waals surface area contributed by atoms with Crippen molar-refractivity contribution >= 4 is 11.7 Å². The van der Waals surface area contributed by atoms with Crippen molar-refractivity contribution in [2.24, 2.45) is 5.92 Å². The zero-order chi connectivity index (χ0) is 16.9. The van der Waals surface area contributed by atoms with Crippen molar-refractivity contribution in [1.29, 1.82) is 0 Å². The van der Waals surface area contributed by atoms with Crippen molar-refractivity contribution in [1.82, 2.24) is 15.5 Å². The lowest BCUT2D eigenvalue weighted by Crippen LogP contribution is -2.45. The minimum Gasteiger partial charge on any atom is -0.477 e. The van der Waals surface area contributed by atoms with Gasteiger partial charge in [0, 0.05) is 19.2 Å². The fraction of sp³-hybridized carbons (Fsp3) is 0.643. The second-order valence-corrected chi connectivity index (χ2v) is 5.28. The van der Waals surface area contributed by atoms with Gasteiger partial charge in [-0.2, -0.15) is 13.2 Å². The van der Waals surface area contributed by atoms with Crippen molar-refractivity contribution in [3.05, 3.63) is 12.1 Å². The molecular formula is C14H19F3N4O2. The van der Waals surface area contributed by atoms with Crippen LogP contribution in [0.15, 0.2) is 12.1 Å². The molecule has 1 atom stereocenters. The Morgan fingerprint density at radius 3 is 2.83 bits per heavy atom. The van der Waals surface area contributed by atoms with E-state index < -0.39 is 24.5 Å². The van der Waals surface area contributed by atoms with E-state index in [2.05, 4.69) is 10.2 Å². The molecule has 0 aromatic carbocycles. The number of amides is 1. The smallest absolute Gasteiger partial charge is 0.405 e. The Bertz CT molecular complexity index is 522. The maximum Gasteiger partial charge on any atom is 0.405 e. The Kier molecular flexibility index (Phi) is 5.62. The molecule has 2 heterocycles. The number of rotatable bonds is 5. The molecule has 2 rings (SSSR count). The summed E-state index contributed by atoms with van der Waals surface area (Å²) in [7, 11) is 0. The molecule has 0 spiro atoms. The van der Waals surface area contributed by atoms with Gasteiger partial charge in [-0.1, -0.05) is 0 Å². The van der Waals surface area contributed by atoms with E-state index in [0.29, 0.717) is 44.2 Å². The van der Waals surface area contributed by atoms with Gasteiger partial charge in [-0.05, 0) is 25.8 Å². The number of carbonyl (C=O) groups excluding carboxylic acids is 1. The van der Waals surface area contributed by atoms with Crippen LogP contribution in [0.1, 0.15) is 19.8 Å². The summed E-state index contributed by atoms with van der Waals surface area (Å²) >= 11 is 0. The fourth-order valence-electron chi connectivity index (χ4n) is 2.44. The Morgan fingerprint density at radius 1 is 1.43 bits per heavy atom. The maximum atomic E-state index is 12.2. The van der Waals surface area contributed by atoms with E-state index >= 15 is 0 Å². The highest BCUT2D eigenvalue weighted by Gasteiger charge is 2.31. The van der Waals surface area contributed by atoms with Gasteiger partial charge in [0.05, 0.1) is 12.5 Å². The molecule has 1 aliphatic heterocycles. The lowest BCUT2D eigenvalue weighted by Gasteiger charge is -2.32. The number of nitrogens with zero attached hydrogens (tertiary/aromatic N) is 3. The molecule has 0 aliphatic carbocycles. The molecular weight excluding hydrogens is 313 g/mol. The molecule has 9 heteroatoms. The largest absolute Gasteiger partial charge is 0.477 e. The second-order valence-electron chi connectivity index (χ2n) is 5.28. The summed E-state index contributed by atoms with van der Waals surface area (Å²) < 4.78 is 41.7. The Balaban J connectivity index is 1.93. The van der Waals surface area contributed by atoms with Crippen molar-refractivity contribution in [3.63, 3.8) is 0 Å². The summed E-state index contributed by atoms with van der Waals surface area (Å²) in [6, 6.07) is 3.41. The molecule has 1 aliphatic rings. The van der Waals surface area contributed by atoms with Crippen LogP contribution in [0.2, 0.25) is 0 Å². The first-order chi connectivity index (χ1) is 10.9. The first kappa shape index (κ1) is 17.3. The number of alkyl halides is 3. The first-order valence-electron chi connectivity index (χ1n) is 7.45. The summed E-state index contributed by atoms with van der Waals surface area (Å²) in [6.07, 6.45) is -3.13. The lowest BCUT2D eigenvalue weighted by molar-refractivity contribution is -0.140. The normalized spacial score (nSPS) is 18.6. The molecule has 1 amide bonds. The summed E-state index contributed by atoms with van der Waals surface area (Å²) in [5.41, 5.74) is 0. The van der Waals surface area contributed by atoms with Gasteiger partial charge in [0.25, 0.3) is 0 Å². The minimum absolute atomic E-state index is 0.326. The third-order valence-electron chi connectivity index (χ3n) is 3.50. The van der Waals surface area contributed by atoms with Crippen LogP contribution in [-0.2, 0) is 4.79 Å². The van der Waals surface area contributed by atoms with Gasteiger partial charge < -0.3 is 15.0 Å². The molecule has 0 bridgehead atoms. The van der Waals surface area contributed by atoms with Gasteiger partial charge >= 0.3 is 6.18 Å². The molecule has 128 valence electrons. The number of ether oxygens (including phenoxy) is 1. The van der Waals surface area contributed by atoms with E-state index in [9.17, 15) is 18.0 Å². The number of hydrogen-bond acceptors (Lipinski definition) is 5. The van der Waals surface area contributed by atoms with Crippen LogP contribution in [0.25, 0.3) is 0 Å². The Labute approximate surface area is 132 Å². The zero-order valence-corrected chi connectivity index (χ0v) is 12.8. The van der Waals surface area contributed by atoms with Crippen LogP contribution in [0, 0.1) is 5.92 Å². The molecule has 6 nitrogen and oxygen atoms in total. The number of carbonyl (C=O) groups is 1. The highest BCUT2D eigenvalue weighted by molar-refractivity contribution is 5.79. The topological polar surface area (TPSA) is 67.3 Å². The van der Waals surface area contributed by atoms with Gasteiger partial charge in [-0.15, -0.1) is 10.2 Å². The standard InChI is InChI=1S/C14H19F3N4O2/c1-2-23-12-6-5-11(19-20-12)21-7-3-4-10(8-21)13(22)18-9-14(15,16)17/h5-6,10H,2-4,7-9H2,1H3,(H,18,22). The molecule has 1 fully saturated rings. The third kappa shape index (κ3) is 5.26. The predicted octanol–water partition coefficient (Wildman–Crippen LogP) is 1.77. The van der Waals surface area contributed by atoms with Crippen LogP contribution in [-0.4, -0.2) is 48.5 Å². The van der Waals surface area contributed by atoms with Crippen molar-refractivity contribution in [3.8, 4) is 5.88 Å². The van der Waals surface area contributed by atoms with E-state index in [4.69, 9.17) is 4.74 Å². The van der Waals surface area contributed by atoms with Crippen LogP contribution in [0.4, 0.5) is 19.0 Å². The minimum atomic E-state index is -4.40. The van der Waals surface area contributed by atoms with Crippen LogP contribution >= 0.6 is 0 Å². The quantitative estimate of drug-likeness (QED) is 0.890. The van der Waals surface area contributed by atoms with Gasteiger partial charge in [-0.3, -0.25) is 4.79 Å².